The predicted octanol–water partition coefficient (Wildman–Crippen LogP) is 2.09. The smallest absolute Gasteiger partial charge is 0.438 e. The maximum Gasteiger partial charge on any atom is 0.508 e. The highest BCUT2D eigenvalue weighted by atomic mass is 16.8. The van der Waals surface area contributed by atoms with Gasteiger partial charge in [0, 0.05) is 20.6 Å². The molecule has 0 aromatic heterocycles. The molecule has 0 aliphatic heterocycles. The van der Waals surface area contributed by atoms with Crippen LogP contribution in [0, 0.1) is 0 Å². The van der Waals surface area contributed by atoms with Crippen LogP contribution in [-0.4, -0.2) is 39.4 Å². The highest BCUT2D eigenvalue weighted by Gasteiger charge is 2.43. The molecule has 0 saturated heterocycles. The molecule has 5 nitrogen and oxygen atoms in total. The molecule has 1 aliphatic carbocycles. The number of ether oxygens (including phenoxy) is 4. The van der Waals surface area contributed by atoms with Crippen LogP contribution in [0.1, 0.15) is 32.1 Å². The maximum atomic E-state index is 11.2. The zero-order valence-electron chi connectivity index (χ0n) is 10.2. The van der Waals surface area contributed by atoms with Gasteiger partial charge in [0.2, 0.25) is 5.79 Å². The van der Waals surface area contributed by atoms with Gasteiger partial charge in [-0.15, -0.1) is 0 Å². The van der Waals surface area contributed by atoms with Gasteiger partial charge in [-0.3, -0.25) is 0 Å². The molecular formula is C11H20O5. The van der Waals surface area contributed by atoms with Gasteiger partial charge in [0.15, 0.2) is 6.10 Å². The summed E-state index contributed by atoms with van der Waals surface area (Å²) in [4.78, 5) is 11.2. The van der Waals surface area contributed by atoms with E-state index in [9.17, 15) is 4.79 Å². The number of carbonyl (C=O) groups excluding carboxylic acids is 1. The average Bonchev–Trinajstić information content (AvgIpc) is 2.52. The van der Waals surface area contributed by atoms with Crippen LogP contribution in [-0.2, 0) is 18.9 Å². The molecule has 0 aromatic rings. The molecule has 0 amide bonds. The zero-order valence-corrected chi connectivity index (χ0v) is 10.2. The fraction of sp³-hybridized carbons (Fsp3) is 0.909. The molecule has 16 heavy (non-hydrogen) atoms. The van der Waals surface area contributed by atoms with Crippen LogP contribution in [0.4, 0.5) is 4.79 Å². The minimum Gasteiger partial charge on any atom is -0.438 e. The van der Waals surface area contributed by atoms with Gasteiger partial charge in [-0.25, -0.2) is 4.79 Å². The Bertz CT molecular complexity index is 224. The van der Waals surface area contributed by atoms with Crippen molar-refractivity contribution < 1.29 is 23.7 Å². The summed E-state index contributed by atoms with van der Waals surface area (Å²) >= 11 is 0. The van der Waals surface area contributed by atoms with E-state index < -0.39 is 18.0 Å². The Hall–Kier alpha value is -0.810. The summed E-state index contributed by atoms with van der Waals surface area (Å²) in [7, 11) is 4.44. The van der Waals surface area contributed by atoms with E-state index in [2.05, 4.69) is 4.74 Å². The maximum absolute atomic E-state index is 11.2. The van der Waals surface area contributed by atoms with E-state index in [4.69, 9.17) is 14.2 Å². The van der Waals surface area contributed by atoms with Crippen molar-refractivity contribution in [1.29, 1.82) is 0 Å². The quantitative estimate of drug-likeness (QED) is 0.423. The van der Waals surface area contributed by atoms with Gasteiger partial charge < -0.3 is 18.9 Å². The normalized spacial score (nSPS) is 24.6. The third-order valence-electron chi connectivity index (χ3n) is 3.08. The molecule has 0 N–H and O–H groups in total. The molecule has 0 spiro atoms. The molecule has 0 heterocycles. The first kappa shape index (κ1) is 13.3. The van der Waals surface area contributed by atoms with E-state index in [-0.39, 0.29) is 0 Å². The second kappa shape index (κ2) is 6.06. The lowest BCUT2D eigenvalue weighted by Gasteiger charge is -2.35. The molecule has 1 atom stereocenters. The number of hydrogen-bond acceptors (Lipinski definition) is 5. The van der Waals surface area contributed by atoms with E-state index in [1.54, 1.807) is 14.2 Å². The molecule has 1 rings (SSSR count). The van der Waals surface area contributed by atoms with Crippen molar-refractivity contribution in [2.75, 3.05) is 21.3 Å². The minimum atomic E-state index is -0.829. The van der Waals surface area contributed by atoms with E-state index >= 15 is 0 Å². The molecule has 1 saturated carbocycles. The van der Waals surface area contributed by atoms with Gasteiger partial charge in [-0.05, 0) is 19.3 Å². The molecule has 1 unspecified atom stereocenters. The summed E-state index contributed by atoms with van der Waals surface area (Å²) in [6.07, 6.45) is 3.45. The molecule has 1 fully saturated rings. The first-order valence-electron chi connectivity index (χ1n) is 5.53. The predicted molar refractivity (Wildman–Crippen MR) is 57.1 cm³/mol. The Balaban J connectivity index is 2.76. The fourth-order valence-corrected chi connectivity index (χ4v) is 2.12. The molecule has 5 heteroatoms. The average molecular weight is 232 g/mol. The van der Waals surface area contributed by atoms with Crippen LogP contribution in [0.2, 0.25) is 0 Å². The Labute approximate surface area is 96.0 Å². The van der Waals surface area contributed by atoms with E-state index in [1.807, 2.05) is 0 Å². The van der Waals surface area contributed by atoms with Gasteiger partial charge in [0.05, 0.1) is 7.11 Å². The number of methoxy groups -OCH3 is 3. The van der Waals surface area contributed by atoms with Gasteiger partial charge in [-0.2, -0.15) is 0 Å². The monoisotopic (exact) mass is 232 g/mol. The zero-order chi connectivity index (χ0) is 12.0. The van der Waals surface area contributed by atoms with Crippen molar-refractivity contribution in [2.45, 2.75) is 44.0 Å². The van der Waals surface area contributed by atoms with Gasteiger partial charge in [0.1, 0.15) is 0 Å². The summed E-state index contributed by atoms with van der Waals surface area (Å²) in [6.45, 7) is 0. The first-order chi connectivity index (χ1) is 7.68. The summed E-state index contributed by atoms with van der Waals surface area (Å²) < 4.78 is 20.5. The van der Waals surface area contributed by atoms with Gasteiger partial charge in [0.25, 0.3) is 0 Å². The van der Waals surface area contributed by atoms with Crippen molar-refractivity contribution in [3.05, 3.63) is 0 Å². The topological polar surface area (TPSA) is 54.0 Å². The molecular weight excluding hydrogens is 212 g/mol. The number of rotatable bonds is 3. The van der Waals surface area contributed by atoms with Crippen LogP contribution >= 0.6 is 0 Å². The van der Waals surface area contributed by atoms with Crippen molar-refractivity contribution in [3.8, 4) is 0 Å². The lowest BCUT2D eigenvalue weighted by Crippen LogP contribution is -2.47. The standard InChI is InChI=1S/C11H20O5/c1-13-10(12)16-9-7-5-4-6-8-11(9,14-2)15-3/h9H,4-8H2,1-3H3. The van der Waals surface area contributed by atoms with Crippen LogP contribution in [0.15, 0.2) is 0 Å². The largest absolute Gasteiger partial charge is 0.508 e. The van der Waals surface area contributed by atoms with Crippen LogP contribution in [0.25, 0.3) is 0 Å². The second-order valence-electron chi connectivity index (χ2n) is 3.88. The summed E-state index contributed by atoms with van der Waals surface area (Å²) in [6, 6.07) is 0. The lowest BCUT2D eigenvalue weighted by atomic mass is 10.0. The Morgan fingerprint density at radius 1 is 1.12 bits per heavy atom. The highest BCUT2D eigenvalue weighted by molar-refractivity contribution is 5.59. The molecule has 0 bridgehead atoms. The number of carbonyl (C=O) groups is 1. The number of hydrogen-bond donors (Lipinski definition) is 0. The fourth-order valence-electron chi connectivity index (χ4n) is 2.12. The molecule has 94 valence electrons. The van der Waals surface area contributed by atoms with Crippen molar-refractivity contribution in [1.82, 2.24) is 0 Å². The van der Waals surface area contributed by atoms with Crippen molar-refractivity contribution in [2.24, 2.45) is 0 Å². The Kier molecular flexibility index (Phi) is 5.02. The minimum absolute atomic E-state index is 0.405. The Morgan fingerprint density at radius 3 is 2.38 bits per heavy atom. The van der Waals surface area contributed by atoms with Gasteiger partial charge >= 0.3 is 6.16 Å². The third kappa shape index (κ3) is 2.86. The van der Waals surface area contributed by atoms with Crippen molar-refractivity contribution >= 4 is 6.16 Å². The van der Waals surface area contributed by atoms with E-state index in [1.165, 1.54) is 7.11 Å². The van der Waals surface area contributed by atoms with Crippen molar-refractivity contribution in [3.63, 3.8) is 0 Å². The van der Waals surface area contributed by atoms with Gasteiger partial charge in [-0.1, -0.05) is 6.42 Å². The van der Waals surface area contributed by atoms with Crippen LogP contribution < -0.4 is 0 Å². The SMILES string of the molecule is COC(=O)OC1CCCCCC1(OC)OC. The molecule has 1 aliphatic rings. The summed E-state index contributed by atoms with van der Waals surface area (Å²) in [5, 5.41) is 0. The van der Waals surface area contributed by atoms with Crippen LogP contribution in [0.3, 0.4) is 0 Å². The van der Waals surface area contributed by atoms with E-state index in [0.717, 1.165) is 32.1 Å². The first-order valence-corrected chi connectivity index (χ1v) is 5.53. The highest BCUT2D eigenvalue weighted by Crippen LogP contribution is 2.33. The Morgan fingerprint density at radius 2 is 1.81 bits per heavy atom. The lowest BCUT2D eigenvalue weighted by molar-refractivity contribution is -0.262. The van der Waals surface area contributed by atoms with E-state index in [0.29, 0.717) is 0 Å². The molecule has 0 aromatic carbocycles. The summed E-state index contributed by atoms with van der Waals surface area (Å²) in [5.74, 6) is -0.829. The molecule has 0 radical (unpaired) electrons. The third-order valence-corrected chi connectivity index (χ3v) is 3.08. The van der Waals surface area contributed by atoms with Crippen LogP contribution in [0.5, 0.6) is 0 Å². The second-order valence-corrected chi connectivity index (χ2v) is 3.88. The summed E-state index contributed by atoms with van der Waals surface area (Å²) in [5.41, 5.74) is 0.